The zero-order chi connectivity index (χ0) is 24.9. The van der Waals surface area contributed by atoms with Crippen molar-refractivity contribution in [1.82, 2.24) is 4.31 Å². The summed E-state index contributed by atoms with van der Waals surface area (Å²) in [5.41, 5.74) is 4.60. The number of anilines is 2. The Morgan fingerprint density at radius 3 is 2.49 bits per heavy atom. The summed E-state index contributed by atoms with van der Waals surface area (Å²) in [7, 11) is -3.75. The molecular weight excluding hydrogens is 462 g/mol. The molecule has 2 heterocycles. The first-order valence-electron chi connectivity index (χ1n) is 12.5. The fourth-order valence-electron chi connectivity index (χ4n) is 5.34. The van der Waals surface area contributed by atoms with E-state index >= 15 is 0 Å². The molecule has 1 aliphatic carbocycles. The van der Waals surface area contributed by atoms with E-state index in [0.29, 0.717) is 25.8 Å². The fraction of sp³-hybridized carbons (Fsp3) is 0.481. The molecule has 1 saturated heterocycles. The molecule has 2 aromatic carbocycles. The van der Waals surface area contributed by atoms with Gasteiger partial charge in [0.1, 0.15) is 0 Å². The van der Waals surface area contributed by atoms with E-state index in [-0.39, 0.29) is 35.2 Å². The summed E-state index contributed by atoms with van der Waals surface area (Å²) >= 11 is 0. The molecular formula is C27H33N3O4S. The SMILES string of the molecule is Cc1ccc(NC(=O)C2CCCN(S(=O)(=O)c3ccc4c(c3)CC(C)N4C(=O)C3CC3)C2)c(C)c1. The second-order valence-electron chi connectivity index (χ2n) is 10.3. The highest BCUT2D eigenvalue weighted by Crippen LogP contribution is 2.40. The van der Waals surface area contributed by atoms with E-state index < -0.39 is 15.9 Å². The van der Waals surface area contributed by atoms with Crippen LogP contribution in [0.1, 0.15) is 49.3 Å². The maximum atomic E-state index is 13.5. The lowest BCUT2D eigenvalue weighted by molar-refractivity contribution is -0.121. The number of carbonyl (C=O) groups excluding carboxylic acids is 2. The van der Waals surface area contributed by atoms with Gasteiger partial charge in [-0.1, -0.05) is 17.7 Å². The van der Waals surface area contributed by atoms with Gasteiger partial charge in [-0.15, -0.1) is 0 Å². The largest absolute Gasteiger partial charge is 0.326 e. The zero-order valence-electron chi connectivity index (χ0n) is 20.6. The molecule has 2 aromatic rings. The Hall–Kier alpha value is -2.71. The number of hydrogen-bond donors (Lipinski definition) is 1. The van der Waals surface area contributed by atoms with E-state index in [2.05, 4.69) is 5.32 Å². The number of nitrogens with zero attached hydrogens (tertiary/aromatic N) is 2. The van der Waals surface area contributed by atoms with Gasteiger partial charge >= 0.3 is 0 Å². The van der Waals surface area contributed by atoms with Crippen LogP contribution in [0.3, 0.4) is 0 Å². The van der Waals surface area contributed by atoms with E-state index in [1.54, 1.807) is 18.2 Å². The van der Waals surface area contributed by atoms with Crippen molar-refractivity contribution in [1.29, 1.82) is 0 Å². The molecule has 2 fully saturated rings. The minimum absolute atomic E-state index is 0.0318. The van der Waals surface area contributed by atoms with Gasteiger partial charge in [-0.2, -0.15) is 4.31 Å². The standard InChI is InChI=1S/C27H33N3O4S/c1-17-6-10-24(18(2)13-17)28-26(31)21-5-4-12-29(16-21)35(33,34)23-9-11-25-22(15-23)14-19(3)30(25)27(32)20-7-8-20/h6,9-11,13,15,19-21H,4-5,7-8,12,14,16H2,1-3H3,(H,28,31). The normalized spacial score (nSPS) is 22.7. The Balaban J connectivity index is 1.32. The first-order chi connectivity index (χ1) is 16.6. The van der Waals surface area contributed by atoms with Crippen molar-refractivity contribution in [3.05, 3.63) is 53.1 Å². The topological polar surface area (TPSA) is 86.8 Å². The average molecular weight is 496 g/mol. The van der Waals surface area contributed by atoms with Crippen molar-refractivity contribution in [2.45, 2.75) is 63.8 Å². The smallest absolute Gasteiger partial charge is 0.243 e. The molecule has 8 heteroatoms. The molecule has 2 unspecified atom stereocenters. The number of rotatable bonds is 5. The molecule has 1 N–H and O–H groups in total. The van der Waals surface area contributed by atoms with Crippen molar-refractivity contribution in [2.24, 2.45) is 11.8 Å². The van der Waals surface area contributed by atoms with Gasteiger partial charge in [-0.25, -0.2) is 8.42 Å². The number of nitrogens with one attached hydrogen (secondary N) is 1. The molecule has 1 saturated carbocycles. The van der Waals surface area contributed by atoms with E-state index in [4.69, 9.17) is 0 Å². The minimum atomic E-state index is -3.75. The third-order valence-corrected chi connectivity index (χ3v) is 9.32. The van der Waals surface area contributed by atoms with Gasteiger partial charge in [0.05, 0.1) is 10.8 Å². The highest BCUT2D eigenvalue weighted by atomic mass is 32.2. The van der Waals surface area contributed by atoms with Gasteiger partial charge in [-0.05, 0) is 88.3 Å². The van der Waals surface area contributed by atoms with Gasteiger partial charge in [-0.3, -0.25) is 9.59 Å². The van der Waals surface area contributed by atoms with Crippen LogP contribution in [0.2, 0.25) is 0 Å². The van der Waals surface area contributed by atoms with Crippen LogP contribution in [0.15, 0.2) is 41.3 Å². The van der Waals surface area contributed by atoms with Gasteiger partial charge in [0, 0.05) is 36.4 Å². The molecule has 35 heavy (non-hydrogen) atoms. The van der Waals surface area contributed by atoms with Crippen LogP contribution in [0, 0.1) is 25.7 Å². The van der Waals surface area contributed by atoms with Crippen LogP contribution in [0.5, 0.6) is 0 Å². The van der Waals surface area contributed by atoms with Crippen LogP contribution < -0.4 is 10.2 Å². The molecule has 0 radical (unpaired) electrons. The predicted molar refractivity (Wildman–Crippen MR) is 136 cm³/mol. The summed E-state index contributed by atoms with van der Waals surface area (Å²) in [6, 6.07) is 11.0. The summed E-state index contributed by atoms with van der Waals surface area (Å²) in [6.45, 7) is 6.53. The Bertz CT molecular complexity index is 1290. The van der Waals surface area contributed by atoms with Crippen LogP contribution in [0.4, 0.5) is 11.4 Å². The number of carbonyl (C=O) groups is 2. The van der Waals surface area contributed by atoms with Crippen LogP contribution in [0.25, 0.3) is 0 Å². The molecule has 3 aliphatic rings. The van der Waals surface area contributed by atoms with E-state index in [0.717, 1.165) is 40.9 Å². The fourth-order valence-corrected chi connectivity index (χ4v) is 6.92. The number of piperidine rings is 1. The van der Waals surface area contributed by atoms with Crippen molar-refractivity contribution < 1.29 is 18.0 Å². The first kappa shape index (κ1) is 24.0. The second kappa shape index (κ2) is 9.06. The Morgan fingerprint density at radius 1 is 1.00 bits per heavy atom. The molecule has 2 atom stereocenters. The number of aryl methyl sites for hydroxylation is 2. The molecule has 2 amide bonds. The third kappa shape index (κ3) is 4.61. The summed E-state index contributed by atoms with van der Waals surface area (Å²) in [6.07, 6.45) is 3.82. The highest BCUT2D eigenvalue weighted by molar-refractivity contribution is 7.89. The molecule has 0 bridgehead atoms. The Morgan fingerprint density at radius 2 is 1.77 bits per heavy atom. The lowest BCUT2D eigenvalue weighted by Gasteiger charge is -2.31. The lowest BCUT2D eigenvalue weighted by Crippen LogP contribution is -2.43. The van der Waals surface area contributed by atoms with E-state index in [1.807, 2.05) is 43.9 Å². The molecule has 0 spiro atoms. The molecule has 7 nitrogen and oxygen atoms in total. The number of hydrogen-bond acceptors (Lipinski definition) is 4. The lowest BCUT2D eigenvalue weighted by atomic mass is 9.98. The summed E-state index contributed by atoms with van der Waals surface area (Å²) < 4.78 is 28.5. The molecule has 0 aromatic heterocycles. The van der Waals surface area contributed by atoms with Crippen molar-refractivity contribution in [2.75, 3.05) is 23.3 Å². The minimum Gasteiger partial charge on any atom is -0.326 e. The van der Waals surface area contributed by atoms with E-state index in [9.17, 15) is 18.0 Å². The number of fused-ring (bicyclic) bond motifs is 1. The highest BCUT2D eigenvalue weighted by Gasteiger charge is 2.40. The predicted octanol–water partition coefficient (Wildman–Crippen LogP) is 4.03. The van der Waals surface area contributed by atoms with Gasteiger partial charge in [0.15, 0.2) is 0 Å². The Labute approximate surface area is 207 Å². The summed E-state index contributed by atoms with van der Waals surface area (Å²) in [5.74, 6) is -0.276. The molecule has 5 rings (SSSR count). The summed E-state index contributed by atoms with van der Waals surface area (Å²) in [4.78, 5) is 27.8. The second-order valence-corrected chi connectivity index (χ2v) is 12.3. The number of benzene rings is 2. The first-order valence-corrected chi connectivity index (χ1v) is 13.9. The van der Waals surface area contributed by atoms with Gasteiger partial charge in [0.2, 0.25) is 21.8 Å². The third-order valence-electron chi connectivity index (χ3n) is 7.46. The maximum absolute atomic E-state index is 13.5. The maximum Gasteiger partial charge on any atom is 0.243 e. The van der Waals surface area contributed by atoms with Crippen molar-refractivity contribution in [3.8, 4) is 0 Å². The molecule has 2 aliphatic heterocycles. The number of amides is 2. The molecule has 186 valence electrons. The Kier molecular flexibility index (Phi) is 6.21. The number of sulfonamides is 1. The quantitative estimate of drug-likeness (QED) is 0.679. The van der Waals surface area contributed by atoms with Crippen LogP contribution >= 0.6 is 0 Å². The van der Waals surface area contributed by atoms with Crippen molar-refractivity contribution in [3.63, 3.8) is 0 Å². The van der Waals surface area contributed by atoms with Gasteiger partial charge in [0.25, 0.3) is 0 Å². The van der Waals surface area contributed by atoms with Crippen LogP contribution in [-0.4, -0.2) is 43.7 Å². The van der Waals surface area contributed by atoms with E-state index in [1.165, 1.54) is 4.31 Å². The van der Waals surface area contributed by atoms with Crippen LogP contribution in [-0.2, 0) is 26.0 Å². The zero-order valence-corrected chi connectivity index (χ0v) is 21.4. The monoisotopic (exact) mass is 495 g/mol. The van der Waals surface area contributed by atoms with Crippen molar-refractivity contribution >= 4 is 33.2 Å². The van der Waals surface area contributed by atoms with Gasteiger partial charge < -0.3 is 10.2 Å². The average Bonchev–Trinajstić information content (AvgIpc) is 3.62. The summed E-state index contributed by atoms with van der Waals surface area (Å²) in [5, 5.41) is 2.99.